The van der Waals surface area contributed by atoms with Crippen LogP contribution in [0.1, 0.15) is 56.7 Å². The molecule has 3 aromatic rings. The van der Waals surface area contributed by atoms with Crippen molar-refractivity contribution in [3.8, 4) is 11.3 Å². The van der Waals surface area contributed by atoms with Crippen LogP contribution in [0.4, 0.5) is 4.39 Å². The quantitative estimate of drug-likeness (QED) is 0.342. The smallest absolute Gasteiger partial charge is 0.459 e. The van der Waals surface area contributed by atoms with Crippen molar-refractivity contribution in [1.29, 1.82) is 0 Å². The summed E-state index contributed by atoms with van der Waals surface area (Å²) in [6.07, 6.45) is 3.16. The predicted molar refractivity (Wildman–Crippen MR) is 132 cm³/mol. The van der Waals surface area contributed by atoms with Gasteiger partial charge in [-0.2, -0.15) is 5.10 Å². The maximum absolute atomic E-state index is 13.7. The second-order valence-electron chi connectivity index (χ2n) is 10.2. The molecule has 1 aliphatic heterocycles. The molecule has 0 unspecified atom stereocenters. The molecule has 5 rings (SSSR count). The minimum absolute atomic E-state index is 0.154. The minimum atomic E-state index is -0.611. The van der Waals surface area contributed by atoms with Crippen LogP contribution in [-0.4, -0.2) is 45.7 Å². The molecule has 3 heterocycles. The number of ether oxygens (including phenoxy) is 1. The number of thiazole rings is 1. The molecule has 0 amide bonds. The Morgan fingerprint density at radius 1 is 1.20 bits per heavy atom. The lowest BCUT2D eigenvalue weighted by Gasteiger charge is -2.32. The van der Waals surface area contributed by atoms with Crippen LogP contribution in [0, 0.1) is 11.7 Å². The molecule has 2 aromatic heterocycles. The molecule has 1 saturated heterocycles. The molecule has 2 aliphatic rings. The molecule has 0 bridgehead atoms. The third-order valence-electron chi connectivity index (χ3n) is 7.06. The molecule has 7 nitrogen and oxygen atoms in total. The molecule has 0 N–H and O–H groups in total. The van der Waals surface area contributed by atoms with E-state index in [0.717, 1.165) is 23.1 Å². The summed E-state index contributed by atoms with van der Waals surface area (Å²) in [6.45, 7) is 8.62. The van der Waals surface area contributed by atoms with E-state index in [1.165, 1.54) is 36.3 Å². The van der Waals surface area contributed by atoms with Gasteiger partial charge in [0.25, 0.3) is 0 Å². The highest BCUT2D eigenvalue weighted by atomic mass is 32.1. The van der Waals surface area contributed by atoms with Crippen molar-refractivity contribution in [2.45, 2.75) is 64.7 Å². The van der Waals surface area contributed by atoms with Crippen LogP contribution in [0.15, 0.2) is 35.2 Å². The second-order valence-corrected chi connectivity index (χ2v) is 10.9. The molecule has 10 heteroatoms. The summed E-state index contributed by atoms with van der Waals surface area (Å²) in [5.41, 5.74) is 4.24. The van der Waals surface area contributed by atoms with Crippen LogP contribution >= 0.6 is 11.3 Å². The van der Waals surface area contributed by atoms with E-state index in [4.69, 9.17) is 19.1 Å². The highest BCUT2D eigenvalue weighted by molar-refractivity contribution is 7.07. The lowest BCUT2D eigenvalue weighted by Crippen LogP contribution is -2.41. The maximum atomic E-state index is 13.7. The third-order valence-corrected chi connectivity index (χ3v) is 7.65. The molecule has 184 valence electrons. The molecule has 1 aromatic carbocycles. The Labute approximate surface area is 208 Å². The van der Waals surface area contributed by atoms with Crippen molar-refractivity contribution < 1.29 is 23.2 Å². The summed E-state index contributed by atoms with van der Waals surface area (Å²) in [5, 5.41) is 6.58. The number of rotatable bonds is 8. The van der Waals surface area contributed by atoms with Gasteiger partial charge in [0.15, 0.2) is 5.69 Å². The molecule has 35 heavy (non-hydrogen) atoms. The van der Waals surface area contributed by atoms with Crippen LogP contribution in [0.25, 0.3) is 11.3 Å². The standard InChI is InChI=1S/C25H29BFN3O4S/c1-24(2)25(3,4)34-26(33-24)21-20(13-16-5-6-16)30(11-12-32-23(31)19-14-35-15-28-19)29-22(21)17-7-9-18(27)10-8-17/h7-10,14-16H,5-6,11-13H2,1-4H3. The van der Waals surface area contributed by atoms with Crippen molar-refractivity contribution in [3.63, 3.8) is 0 Å². The molecule has 1 saturated carbocycles. The molecular weight excluding hydrogens is 468 g/mol. The van der Waals surface area contributed by atoms with Gasteiger partial charge >= 0.3 is 13.1 Å². The Morgan fingerprint density at radius 2 is 1.89 bits per heavy atom. The number of hydrogen-bond acceptors (Lipinski definition) is 7. The molecule has 0 spiro atoms. The van der Waals surface area contributed by atoms with E-state index in [0.29, 0.717) is 23.9 Å². The van der Waals surface area contributed by atoms with Crippen LogP contribution in [0.5, 0.6) is 0 Å². The first-order valence-electron chi connectivity index (χ1n) is 11.9. The van der Waals surface area contributed by atoms with Gasteiger partial charge in [-0.1, -0.05) is 0 Å². The van der Waals surface area contributed by atoms with Gasteiger partial charge in [-0.3, -0.25) is 4.68 Å². The Bertz CT molecular complexity index is 1190. The summed E-state index contributed by atoms with van der Waals surface area (Å²) < 4.78 is 33.9. The summed E-state index contributed by atoms with van der Waals surface area (Å²) in [4.78, 5) is 16.3. The fourth-order valence-corrected chi connectivity index (χ4v) is 4.67. The van der Waals surface area contributed by atoms with Crippen molar-refractivity contribution in [1.82, 2.24) is 14.8 Å². The Balaban J connectivity index is 1.50. The first-order valence-corrected chi connectivity index (χ1v) is 12.9. The molecular formula is C25H29BFN3O4S. The summed E-state index contributed by atoms with van der Waals surface area (Å²) in [7, 11) is -0.611. The fraction of sp³-hybridized carbons (Fsp3) is 0.480. The van der Waals surface area contributed by atoms with Crippen LogP contribution in [0.3, 0.4) is 0 Å². The number of carbonyl (C=O) groups is 1. The van der Waals surface area contributed by atoms with Crippen molar-refractivity contribution >= 4 is 29.9 Å². The van der Waals surface area contributed by atoms with Crippen molar-refractivity contribution in [2.24, 2.45) is 5.92 Å². The van der Waals surface area contributed by atoms with Crippen LogP contribution in [0.2, 0.25) is 0 Å². The van der Waals surface area contributed by atoms with Gasteiger partial charge < -0.3 is 14.0 Å². The van der Waals surface area contributed by atoms with Gasteiger partial charge in [0.05, 0.1) is 29.0 Å². The molecule has 0 atom stereocenters. The third kappa shape index (κ3) is 4.92. The lowest BCUT2D eigenvalue weighted by molar-refractivity contribution is 0.00578. The van der Waals surface area contributed by atoms with Gasteiger partial charge in [0.1, 0.15) is 12.4 Å². The number of nitrogens with zero attached hydrogens (tertiary/aromatic N) is 3. The van der Waals surface area contributed by atoms with Gasteiger partial charge in [-0.05, 0) is 77.1 Å². The number of aromatic nitrogens is 3. The second kappa shape index (κ2) is 9.15. The Morgan fingerprint density at radius 3 is 2.49 bits per heavy atom. The van der Waals surface area contributed by atoms with E-state index in [2.05, 4.69) is 4.98 Å². The van der Waals surface area contributed by atoms with Crippen LogP contribution in [-0.2, 0) is 27.0 Å². The van der Waals surface area contributed by atoms with Crippen molar-refractivity contribution in [3.05, 3.63) is 52.4 Å². The van der Waals surface area contributed by atoms with Gasteiger partial charge in [-0.25, -0.2) is 14.2 Å². The van der Waals surface area contributed by atoms with Gasteiger partial charge in [0.2, 0.25) is 0 Å². The summed E-state index contributed by atoms with van der Waals surface area (Å²) in [5.74, 6) is -0.185. The first-order chi connectivity index (χ1) is 16.6. The number of carbonyl (C=O) groups excluding carboxylic acids is 1. The maximum Gasteiger partial charge on any atom is 0.499 e. The number of hydrogen-bond donors (Lipinski definition) is 0. The van der Waals surface area contributed by atoms with E-state index in [1.54, 1.807) is 23.0 Å². The summed E-state index contributed by atoms with van der Waals surface area (Å²) in [6, 6.07) is 6.30. The number of halogens is 1. The predicted octanol–water partition coefficient (Wildman–Crippen LogP) is 4.25. The number of esters is 1. The summed E-state index contributed by atoms with van der Waals surface area (Å²) >= 11 is 1.35. The molecule has 0 radical (unpaired) electrons. The lowest BCUT2D eigenvalue weighted by atomic mass is 9.75. The topological polar surface area (TPSA) is 75.5 Å². The zero-order chi connectivity index (χ0) is 24.8. The van der Waals surface area contributed by atoms with E-state index >= 15 is 0 Å². The first kappa shape index (κ1) is 24.2. The van der Waals surface area contributed by atoms with E-state index in [-0.39, 0.29) is 12.4 Å². The van der Waals surface area contributed by atoms with Gasteiger partial charge in [-0.15, -0.1) is 11.3 Å². The van der Waals surface area contributed by atoms with Crippen molar-refractivity contribution in [2.75, 3.05) is 6.61 Å². The average Bonchev–Trinajstić information content (AvgIpc) is 3.22. The zero-order valence-corrected chi connectivity index (χ0v) is 21.2. The van der Waals surface area contributed by atoms with Crippen LogP contribution < -0.4 is 5.46 Å². The zero-order valence-electron chi connectivity index (χ0n) is 20.4. The Kier molecular flexibility index (Phi) is 6.31. The highest BCUT2D eigenvalue weighted by Crippen LogP contribution is 2.39. The SMILES string of the molecule is CC1(C)OB(c2c(-c3ccc(F)cc3)nn(CCOC(=O)c3cscn3)c2CC2CC2)OC1(C)C. The minimum Gasteiger partial charge on any atom is -0.459 e. The fourth-order valence-electron chi connectivity index (χ4n) is 4.15. The molecule has 1 aliphatic carbocycles. The number of benzene rings is 1. The van der Waals surface area contributed by atoms with E-state index < -0.39 is 24.3 Å². The van der Waals surface area contributed by atoms with E-state index in [9.17, 15) is 9.18 Å². The Hall–Kier alpha value is -2.56. The molecule has 2 fully saturated rings. The van der Waals surface area contributed by atoms with Gasteiger partial charge in [0, 0.05) is 22.1 Å². The largest absolute Gasteiger partial charge is 0.499 e. The van der Waals surface area contributed by atoms with E-state index in [1.807, 2.05) is 32.4 Å². The monoisotopic (exact) mass is 497 g/mol. The highest BCUT2D eigenvalue weighted by Gasteiger charge is 2.54. The average molecular weight is 497 g/mol. The normalized spacial score (nSPS) is 18.7.